The van der Waals surface area contributed by atoms with Gasteiger partial charge in [0.1, 0.15) is 0 Å². The van der Waals surface area contributed by atoms with Crippen LogP contribution in [0.5, 0.6) is 0 Å². The smallest absolute Gasteiger partial charge is 0.317 e. The summed E-state index contributed by atoms with van der Waals surface area (Å²) in [5.74, 6) is -0.487. The van der Waals surface area contributed by atoms with Crippen molar-refractivity contribution in [3.63, 3.8) is 0 Å². The lowest BCUT2D eigenvalue weighted by Crippen LogP contribution is -2.52. The quantitative estimate of drug-likeness (QED) is 0.749. The highest BCUT2D eigenvalue weighted by atomic mass is 16.4. The third-order valence-electron chi connectivity index (χ3n) is 5.10. The van der Waals surface area contributed by atoms with Gasteiger partial charge in [-0.1, -0.05) is 12.5 Å². The molecule has 1 N–H and O–H groups in total. The Morgan fingerprint density at radius 1 is 1.16 bits per heavy atom. The van der Waals surface area contributed by atoms with Crippen molar-refractivity contribution in [1.29, 1.82) is 0 Å². The molecular weight excluding hydrogens is 322 g/mol. The number of urea groups is 1. The fourth-order valence-corrected chi connectivity index (χ4v) is 3.94. The number of likely N-dealkylation sites (tertiary alicyclic amines) is 1. The topological polar surface area (TPSA) is 94.5 Å². The summed E-state index contributed by atoms with van der Waals surface area (Å²) in [6.45, 7) is 2.54. The minimum absolute atomic E-state index is 0.0432. The number of carboxylic acids is 1. The van der Waals surface area contributed by atoms with Crippen molar-refractivity contribution >= 4 is 12.0 Å². The first-order valence-corrected chi connectivity index (χ1v) is 8.97. The molecule has 2 bridgehead atoms. The maximum absolute atomic E-state index is 12.4. The predicted octanol–water partition coefficient (Wildman–Crippen LogP) is 0.287. The standard InChI is InChI=1S/C18H25N3O4/c22-16-6-4-5-15-14-9-13(11-21(15)16)10-20(12-14)18(25)19-8-3-1-2-7-17(23)24/h4-6,13-14H,1-3,7-12H2,(H,19,25)(H,23,24)/p-1/t13-,14-/m1/s1. The monoisotopic (exact) mass is 346 g/mol. The fourth-order valence-electron chi connectivity index (χ4n) is 3.94. The van der Waals surface area contributed by atoms with E-state index in [4.69, 9.17) is 0 Å². The molecule has 0 unspecified atom stereocenters. The Hall–Kier alpha value is -2.31. The number of aromatic nitrogens is 1. The molecule has 2 amide bonds. The molecular formula is C18H24N3O4-. The van der Waals surface area contributed by atoms with Gasteiger partial charge in [-0.05, 0) is 37.7 Å². The van der Waals surface area contributed by atoms with E-state index in [0.717, 1.165) is 25.0 Å². The van der Waals surface area contributed by atoms with Crippen molar-refractivity contribution in [2.45, 2.75) is 44.6 Å². The van der Waals surface area contributed by atoms with Crippen LogP contribution in [0.3, 0.4) is 0 Å². The zero-order valence-corrected chi connectivity index (χ0v) is 14.3. The van der Waals surface area contributed by atoms with Crippen molar-refractivity contribution in [1.82, 2.24) is 14.8 Å². The summed E-state index contributed by atoms with van der Waals surface area (Å²) in [5, 5.41) is 13.3. The van der Waals surface area contributed by atoms with E-state index >= 15 is 0 Å². The van der Waals surface area contributed by atoms with Gasteiger partial charge in [0.05, 0.1) is 0 Å². The van der Waals surface area contributed by atoms with E-state index < -0.39 is 5.97 Å². The number of carbonyl (C=O) groups excluding carboxylic acids is 2. The first-order chi connectivity index (χ1) is 12.0. The fraction of sp³-hybridized carbons (Fsp3) is 0.611. The highest BCUT2D eigenvalue weighted by molar-refractivity contribution is 5.74. The Morgan fingerprint density at radius 2 is 2.00 bits per heavy atom. The first kappa shape index (κ1) is 17.5. The third kappa shape index (κ3) is 4.21. The Balaban J connectivity index is 1.50. The molecule has 0 radical (unpaired) electrons. The van der Waals surface area contributed by atoms with E-state index in [1.807, 2.05) is 15.5 Å². The van der Waals surface area contributed by atoms with Gasteiger partial charge in [-0.15, -0.1) is 0 Å². The molecule has 2 aliphatic rings. The molecule has 136 valence electrons. The minimum atomic E-state index is -1.02. The predicted molar refractivity (Wildman–Crippen MR) is 90.0 cm³/mol. The molecule has 0 aromatic carbocycles. The van der Waals surface area contributed by atoms with Gasteiger partial charge in [-0.3, -0.25) is 4.79 Å². The molecule has 1 aromatic heterocycles. The number of fused-ring (bicyclic) bond motifs is 4. The summed E-state index contributed by atoms with van der Waals surface area (Å²) in [5.41, 5.74) is 1.07. The van der Waals surface area contributed by atoms with Gasteiger partial charge in [-0.25, -0.2) is 4.79 Å². The molecule has 1 fully saturated rings. The molecule has 7 nitrogen and oxygen atoms in total. The Morgan fingerprint density at radius 3 is 2.80 bits per heavy atom. The lowest BCUT2D eigenvalue weighted by Gasteiger charge is -2.42. The lowest BCUT2D eigenvalue weighted by atomic mass is 9.83. The lowest BCUT2D eigenvalue weighted by molar-refractivity contribution is -0.305. The number of nitrogens with one attached hydrogen (secondary N) is 1. The SMILES string of the molecule is O=C([O-])CCCCCNC(=O)N1C[C@H]2C[C@H](C1)c1cccc(=O)n1C2. The molecule has 3 heterocycles. The molecule has 3 rings (SSSR count). The minimum Gasteiger partial charge on any atom is -0.550 e. The van der Waals surface area contributed by atoms with Gasteiger partial charge in [0, 0.05) is 49.8 Å². The Bertz CT molecular complexity index is 700. The molecule has 2 atom stereocenters. The van der Waals surface area contributed by atoms with Crippen LogP contribution in [0.25, 0.3) is 0 Å². The van der Waals surface area contributed by atoms with Crippen molar-refractivity contribution < 1.29 is 14.7 Å². The number of carboxylic acid groups (broad SMARTS) is 1. The van der Waals surface area contributed by atoms with E-state index in [1.54, 1.807) is 12.1 Å². The van der Waals surface area contributed by atoms with Crippen LogP contribution in [0, 0.1) is 5.92 Å². The van der Waals surface area contributed by atoms with Gasteiger partial charge >= 0.3 is 6.03 Å². The number of unbranched alkanes of at least 4 members (excludes halogenated alkanes) is 2. The number of piperidine rings is 1. The summed E-state index contributed by atoms with van der Waals surface area (Å²) < 4.78 is 1.85. The van der Waals surface area contributed by atoms with Gasteiger partial charge < -0.3 is 24.7 Å². The molecule has 25 heavy (non-hydrogen) atoms. The number of aliphatic carboxylic acids is 1. The van der Waals surface area contributed by atoms with Crippen molar-refractivity contribution in [3.8, 4) is 0 Å². The number of amides is 2. The molecule has 0 saturated carbocycles. The zero-order chi connectivity index (χ0) is 17.8. The van der Waals surface area contributed by atoms with Gasteiger partial charge in [0.25, 0.3) is 5.56 Å². The molecule has 1 saturated heterocycles. The summed E-state index contributed by atoms with van der Waals surface area (Å²) in [6.07, 6.45) is 3.20. The van der Waals surface area contributed by atoms with Crippen molar-refractivity contribution in [2.75, 3.05) is 19.6 Å². The van der Waals surface area contributed by atoms with E-state index in [1.165, 1.54) is 0 Å². The van der Waals surface area contributed by atoms with Crippen molar-refractivity contribution in [2.24, 2.45) is 5.92 Å². The number of rotatable bonds is 6. The summed E-state index contributed by atoms with van der Waals surface area (Å²) in [6, 6.07) is 5.30. The maximum Gasteiger partial charge on any atom is 0.317 e. The Labute approximate surface area is 146 Å². The van der Waals surface area contributed by atoms with Crippen LogP contribution in [0.15, 0.2) is 23.0 Å². The summed E-state index contributed by atoms with van der Waals surface area (Å²) >= 11 is 0. The molecule has 1 aromatic rings. The van der Waals surface area contributed by atoms with Crippen molar-refractivity contribution in [3.05, 3.63) is 34.2 Å². The van der Waals surface area contributed by atoms with Gasteiger partial charge in [0.2, 0.25) is 0 Å². The van der Waals surface area contributed by atoms with E-state index in [2.05, 4.69) is 5.32 Å². The van der Waals surface area contributed by atoms with Crippen LogP contribution in [0.2, 0.25) is 0 Å². The summed E-state index contributed by atoms with van der Waals surface area (Å²) in [7, 11) is 0. The largest absolute Gasteiger partial charge is 0.550 e. The van der Waals surface area contributed by atoms with Gasteiger partial charge in [-0.2, -0.15) is 0 Å². The van der Waals surface area contributed by atoms with Crippen LogP contribution >= 0.6 is 0 Å². The Kier molecular flexibility index (Phi) is 5.40. The normalized spacial score (nSPS) is 21.5. The van der Waals surface area contributed by atoms with Crippen LogP contribution < -0.4 is 16.0 Å². The van der Waals surface area contributed by atoms with E-state index in [9.17, 15) is 19.5 Å². The van der Waals surface area contributed by atoms with Gasteiger partial charge in [0.15, 0.2) is 0 Å². The third-order valence-corrected chi connectivity index (χ3v) is 5.10. The molecule has 2 aliphatic heterocycles. The number of hydrogen-bond donors (Lipinski definition) is 1. The maximum atomic E-state index is 12.4. The summed E-state index contributed by atoms with van der Waals surface area (Å²) in [4.78, 5) is 36.6. The second-order valence-electron chi connectivity index (χ2n) is 7.02. The van der Waals surface area contributed by atoms with E-state index in [0.29, 0.717) is 38.5 Å². The molecule has 0 spiro atoms. The highest BCUT2D eigenvalue weighted by Gasteiger charge is 2.36. The van der Waals surface area contributed by atoms with E-state index in [-0.39, 0.29) is 23.9 Å². The zero-order valence-electron chi connectivity index (χ0n) is 14.3. The van der Waals surface area contributed by atoms with Crippen LogP contribution in [0.1, 0.15) is 43.7 Å². The number of pyridine rings is 1. The second kappa shape index (κ2) is 7.72. The number of nitrogens with zero attached hydrogens (tertiary/aromatic N) is 2. The molecule has 0 aliphatic carbocycles. The first-order valence-electron chi connectivity index (χ1n) is 8.97. The van der Waals surface area contributed by atoms with Crippen LogP contribution in [0.4, 0.5) is 4.79 Å². The average Bonchev–Trinajstić information content (AvgIpc) is 2.58. The second-order valence-corrected chi connectivity index (χ2v) is 7.02. The number of carbonyl (C=O) groups is 2. The average molecular weight is 346 g/mol. The van der Waals surface area contributed by atoms with Crippen LogP contribution in [-0.4, -0.2) is 41.1 Å². The van der Waals surface area contributed by atoms with Crippen LogP contribution in [-0.2, 0) is 11.3 Å². The highest BCUT2D eigenvalue weighted by Crippen LogP contribution is 2.34. The number of hydrogen-bond acceptors (Lipinski definition) is 4. The molecule has 7 heteroatoms.